The summed E-state index contributed by atoms with van der Waals surface area (Å²) in [6.45, 7) is 7.01. The van der Waals surface area contributed by atoms with Crippen LogP contribution in [-0.2, 0) is 4.79 Å². The highest BCUT2D eigenvalue weighted by Crippen LogP contribution is 2.24. The van der Waals surface area contributed by atoms with Crippen molar-refractivity contribution in [1.82, 2.24) is 9.55 Å². The Morgan fingerprint density at radius 1 is 1.10 bits per heavy atom. The highest BCUT2D eigenvalue weighted by Gasteiger charge is 2.17. The highest BCUT2D eigenvalue weighted by molar-refractivity contribution is 5.89. The Bertz CT molecular complexity index is 1240. The first-order chi connectivity index (χ1) is 14.2. The minimum Gasteiger partial charge on any atom is -0.493 e. The number of rotatable bonds is 4. The molecule has 0 spiro atoms. The SMILES string of the molecule is CC(=O)Nc1ccc(N=Cc2c(O)n(-c3c(C)cc(C)cc3C)c(=O)[nH]c2=O)cc1. The summed E-state index contributed by atoms with van der Waals surface area (Å²) in [7, 11) is 0. The fourth-order valence-electron chi connectivity index (χ4n) is 3.36. The Hall–Kier alpha value is -3.94. The van der Waals surface area contributed by atoms with Gasteiger partial charge in [-0.05, 0) is 56.2 Å². The van der Waals surface area contributed by atoms with Gasteiger partial charge in [-0.3, -0.25) is 19.6 Å². The topological polar surface area (TPSA) is 117 Å². The van der Waals surface area contributed by atoms with Crippen molar-refractivity contribution in [3.05, 3.63) is 79.5 Å². The Morgan fingerprint density at radius 3 is 2.27 bits per heavy atom. The maximum atomic E-state index is 12.5. The van der Waals surface area contributed by atoms with Crippen LogP contribution in [0.2, 0.25) is 0 Å². The van der Waals surface area contributed by atoms with E-state index in [2.05, 4.69) is 15.3 Å². The number of nitrogens with zero attached hydrogens (tertiary/aromatic N) is 2. The minimum absolute atomic E-state index is 0.139. The molecule has 0 saturated carbocycles. The molecule has 1 aromatic heterocycles. The lowest BCUT2D eigenvalue weighted by Crippen LogP contribution is -2.32. The van der Waals surface area contributed by atoms with Crippen molar-refractivity contribution in [2.45, 2.75) is 27.7 Å². The number of anilines is 1. The molecule has 0 aliphatic heterocycles. The van der Waals surface area contributed by atoms with Crippen LogP contribution in [0.5, 0.6) is 5.88 Å². The maximum absolute atomic E-state index is 12.5. The zero-order valence-corrected chi connectivity index (χ0v) is 17.1. The van der Waals surface area contributed by atoms with Gasteiger partial charge in [0.2, 0.25) is 11.8 Å². The van der Waals surface area contributed by atoms with E-state index in [-0.39, 0.29) is 11.5 Å². The molecule has 154 valence electrons. The van der Waals surface area contributed by atoms with Crippen LogP contribution in [0.1, 0.15) is 29.2 Å². The summed E-state index contributed by atoms with van der Waals surface area (Å²) in [4.78, 5) is 42.3. The molecule has 8 nitrogen and oxygen atoms in total. The standard InChI is InChI=1S/C22H22N4O4/c1-12-9-13(2)19(14(3)10-12)26-21(29)18(20(28)25-22(26)30)11-23-16-5-7-17(8-6-16)24-15(4)27/h5-11,29H,1-4H3,(H,24,27)(H,25,28,30). The molecule has 0 bridgehead atoms. The van der Waals surface area contributed by atoms with Crippen molar-refractivity contribution >= 4 is 23.5 Å². The quantitative estimate of drug-likeness (QED) is 0.578. The highest BCUT2D eigenvalue weighted by atomic mass is 16.3. The molecule has 2 aromatic carbocycles. The van der Waals surface area contributed by atoms with Gasteiger partial charge in [0.1, 0.15) is 5.56 Å². The Balaban J connectivity index is 2.06. The summed E-state index contributed by atoms with van der Waals surface area (Å²) >= 11 is 0. The van der Waals surface area contributed by atoms with Crippen LogP contribution in [0.25, 0.3) is 5.69 Å². The molecule has 1 heterocycles. The molecule has 0 radical (unpaired) electrons. The van der Waals surface area contributed by atoms with E-state index in [1.165, 1.54) is 13.1 Å². The van der Waals surface area contributed by atoms with Crippen molar-refractivity contribution < 1.29 is 9.90 Å². The Labute approximate surface area is 172 Å². The van der Waals surface area contributed by atoms with Crippen LogP contribution < -0.4 is 16.6 Å². The zero-order valence-electron chi connectivity index (χ0n) is 17.1. The second kappa shape index (κ2) is 8.20. The van der Waals surface area contributed by atoms with Gasteiger partial charge in [0.25, 0.3) is 5.56 Å². The van der Waals surface area contributed by atoms with Crippen molar-refractivity contribution in [1.29, 1.82) is 0 Å². The average Bonchev–Trinajstić information content (AvgIpc) is 2.64. The van der Waals surface area contributed by atoms with E-state index in [0.717, 1.165) is 21.3 Å². The van der Waals surface area contributed by atoms with Gasteiger partial charge in [0.05, 0.1) is 11.4 Å². The number of aromatic amines is 1. The van der Waals surface area contributed by atoms with Gasteiger partial charge >= 0.3 is 5.69 Å². The fourth-order valence-corrected chi connectivity index (χ4v) is 3.36. The molecule has 0 aliphatic carbocycles. The predicted octanol–water partition coefficient (Wildman–Crippen LogP) is 2.87. The van der Waals surface area contributed by atoms with E-state index in [1.807, 2.05) is 32.9 Å². The summed E-state index contributed by atoms with van der Waals surface area (Å²) in [6.07, 6.45) is 1.20. The van der Waals surface area contributed by atoms with Gasteiger partial charge in [-0.1, -0.05) is 17.7 Å². The van der Waals surface area contributed by atoms with E-state index in [0.29, 0.717) is 17.1 Å². The van der Waals surface area contributed by atoms with E-state index in [9.17, 15) is 19.5 Å². The molecular formula is C22H22N4O4. The summed E-state index contributed by atoms with van der Waals surface area (Å²) in [6, 6.07) is 10.4. The number of hydrogen-bond acceptors (Lipinski definition) is 5. The molecule has 8 heteroatoms. The van der Waals surface area contributed by atoms with Crippen molar-refractivity contribution in [3.63, 3.8) is 0 Å². The fraction of sp³-hybridized carbons (Fsp3) is 0.182. The first kappa shape index (κ1) is 20.8. The minimum atomic E-state index is -0.741. The number of benzene rings is 2. The van der Waals surface area contributed by atoms with Gasteiger partial charge in [0.15, 0.2) is 0 Å². The monoisotopic (exact) mass is 406 g/mol. The molecule has 30 heavy (non-hydrogen) atoms. The van der Waals surface area contributed by atoms with E-state index in [1.54, 1.807) is 24.3 Å². The first-order valence-electron chi connectivity index (χ1n) is 9.25. The summed E-state index contributed by atoms with van der Waals surface area (Å²) < 4.78 is 1.08. The molecule has 3 aromatic rings. The second-order valence-electron chi connectivity index (χ2n) is 7.07. The van der Waals surface area contributed by atoms with Crippen LogP contribution in [0.4, 0.5) is 11.4 Å². The lowest BCUT2D eigenvalue weighted by molar-refractivity contribution is -0.114. The lowest BCUT2D eigenvalue weighted by Gasteiger charge is -2.15. The molecule has 0 aliphatic rings. The zero-order chi connectivity index (χ0) is 22.0. The van der Waals surface area contributed by atoms with Crippen LogP contribution in [0, 0.1) is 20.8 Å². The molecule has 1 amide bonds. The van der Waals surface area contributed by atoms with Gasteiger partial charge < -0.3 is 10.4 Å². The van der Waals surface area contributed by atoms with Crippen LogP contribution in [0.15, 0.2) is 51.0 Å². The number of aromatic nitrogens is 2. The van der Waals surface area contributed by atoms with Crippen LogP contribution in [0.3, 0.4) is 0 Å². The molecular weight excluding hydrogens is 384 g/mol. The molecule has 0 fully saturated rings. The predicted molar refractivity (Wildman–Crippen MR) is 117 cm³/mol. The van der Waals surface area contributed by atoms with Crippen molar-refractivity contribution in [3.8, 4) is 11.6 Å². The Morgan fingerprint density at radius 2 is 1.70 bits per heavy atom. The molecule has 3 rings (SSSR count). The number of carbonyl (C=O) groups excluding carboxylic acids is 1. The van der Waals surface area contributed by atoms with E-state index >= 15 is 0 Å². The molecule has 0 atom stereocenters. The van der Waals surface area contributed by atoms with Crippen molar-refractivity contribution in [2.75, 3.05) is 5.32 Å². The summed E-state index contributed by atoms with van der Waals surface area (Å²) in [5, 5.41) is 13.4. The number of aryl methyl sites for hydroxylation is 3. The number of H-pyrrole nitrogens is 1. The van der Waals surface area contributed by atoms with Crippen LogP contribution >= 0.6 is 0 Å². The van der Waals surface area contributed by atoms with Crippen LogP contribution in [-0.4, -0.2) is 26.8 Å². The second-order valence-corrected chi connectivity index (χ2v) is 7.07. The largest absolute Gasteiger partial charge is 0.493 e. The van der Waals surface area contributed by atoms with Gasteiger partial charge in [-0.15, -0.1) is 0 Å². The molecule has 0 saturated heterocycles. The number of aromatic hydroxyl groups is 1. The molecule has 3 N–H and O–H groups in total. The lowest BCUT2D eigenvalue weighted by atomic mass is 10.0. The third-order valence-electron chi connectivity index (χ3n) is 4.51. The third-order valence-corrected chi connectivity index (χ3v) is 4.51. The van der Waals surface area contributed by atoms with Gasteiger partial charge in [0, 0.05) is 18.8 Å². The number of carbonyl (C=O) groups is 1. The smallest absolute Gasteiger partial charge is 0.335 e. The van der Waals surface area contributed by atoms with E-state index in [4.69, 9.17) is 0 Å². The van der Waals surface area contributed by atoms with Gasteiger partial charge in [-0.25, -0.2) is 9.36 Å². The van der Waals surface area contributed by atoms with Gasteiger partial charge in [-0.2, -0.15) is 0 Å². The van der Waals surface area contributed by atoms with Crippen molar-refractivity contribution in [2.24, 2.45) is 4.99 Å². The Kier molecular flexibility index (Phi) is 5.68. The number of aliphatic imine (C=N–C) groups is 1. The first-order valence-corrected chi connectivity index (χ1v) is 9.25. The average molecular weight is 406 g/mol. The normalized spacial score (nSPS) is 11.1. The summed E-state index contributed by atoms with van der Waals surface area (Å²) in [5.74, 6) is -0.677. The third kappa shape index (κ3) is 4.22. The number of hydrogen-bond donors (Lipinski definition) is 3. The van der Waals surface area contributed by atoms with E-state index < -0.39 is 17.1 Å². The number of amides is 1. The molecule has 0 unspecified atom stereocenters. The summed E-state index contributed by atoms with van der Waals surface area (Å²) in [5.41, 5.74) is 2.61. The maximum Gasteiger partial charge on any atom is 0.335 e. The number of nitrogens with one attached hydrogen (secondary N) is 2.